The fourth-order valence-corrected chi connectivity index (χ4v) is 2.98. The Morgan fingerprint density at radius 3 is 3.00 bits per heavy atom. The lowest BCUT2D eigenvalue weighted by molar-refractivity contribution is -0.159. The normalized spacial score (nSPS) is 33.7. The molecule has 2 aliphatic carbocycles. The van der Waals surface area contributed by atoms with E-state index in [4.69, 9.17) is 4.74 Å². The number of rotatable bonds is 2. The van der Waals surface area contributed by atoms with Gasteiger partial charge in [0.05, 0.1) is 6.61 Å². The molecule has 2 fully saturated rings. The summed E-state index contributed by atoms with van der Waals surface area (Å²) in [6.45, 7) is 6.09. The third-order valence-electron chi connectivity index (χ3n) is 3.91. The molecule has 2 rings (SSSR count). The van der Waals surface area contributed by atoms with Crippen LogP contribution in [0.15, 0.2) is 12.2 Å². The van der Waals surface area contributed by atoms with E-state index in [-0.39, 0.29) is 17.7 Å². The maximum Gasteiger partial charge on any atom is 0.319 e. The number of fused-ring (bicyclic) bond motifs is 2. The van der Waals surface area contributed by atoms with Crippen molar-refractivity contribution < 1.29 is 14.3 Å². The third kappa shape index (κ3) is 1.49. The minimum absolute atomic E-state index is 0.0634. The zero-order valence-corrected chi connectivity index (χ0v) is 9.75. The molecule has 0 heterocycles. The fraction of sp³-hybridized carbons (Fsp3) is 0.692. The quantitative estimate of drug-likeness (QED) is 0.409. The molecule has 0 spiro atoms. The first-order valence-corrected chi connectivity index (χ1v) is 6.01. The Kier molecular flexibility index (Phi) is 2.87. The molecule has 0 saturated heterocycles. The number of esters is 1. The molecule has 3 nitrogen and oxygen atoms in total. The number of hydrogen-bond acceptors (Lipinski definition) is 3. The molecule has 0 amide bonds. The molecule has 0 unspecified atom stereocenters. The van der Waals surface area contributed by atoms with Crippen LogP contribution in [-0.4, -0.2) is 18.4 Å². The molecule has 2 atom stereocenters. The average Bonchev–Trinajstić information content (AvgIpc) is 2.50. The fourth-order valence-electron chi connectivity index (χ4n) is 2.98. The summed E-state index contributed by atoms with van der Waals surface area (Å²) in [6.07, 6.45) is 3.81. The number of ether oxygens (including phenoxy) is 1. The zero-order chi connectivity index (χ0) is 11.8. The minimum atomic E-state index is -0.833. The largest absolute Gasteiger partial charge is 0.465 e. The van der Waals surface area contributed by atoms with Crippen LogP contribution in [0.4, 0.5) is 0 Å². The van der Waals surface area contributed by atoms with E-state index in [2.05, 4.69) is 6.58 Å². The summed E-state index contributed by atoms with van der Waals surface area (Å²) in [7, 11) is 0. The van der Waals surface area contributed by atoms with Crippen molar-refractivity contribution in [1.82, 2.24) is 0 Å². The summed E-state index contributed by atoms with van der Waals surface area (Å²) in [5.74, 6) is -0.336. The number of hydrogen-bond donors (Lipinski definition) is 0. The van der Waals surface area contributed by atoms with Gasteiger partial charge in [0.25, 0.3) is 0 Å². The molecule has 16 heavy (non-hydrogen) atoms. The molecule has 88 valence electrons. The minimum Gasteiger partial charge on any atom is -0.465 e. The van der Waals surface area contributed by atoms with Crippen molar-refractivity contribution in [3.05, 3.63) is 12.2 Å². The van der Waals surface area contributed by atoms with Crippen molar-refractivity contribution in [1.29, 1.82) is 0 Å². The van der Waals surface area contributed by atoms with Crippen LogP contribution in [0.1, 0.15) is 39.0 Å². The summed E-state index contributed by atoms with van der Waals surface area (Å²) in [6, 6.07) is 0. The van der Waals surface area contributed by atoms with Gasteiger partial charge in [-0.05, 0) is 39.0 Å². The Morgan fingerprint density at radius 1 is 1.56 bits per heavy atom. The zero-order valence-electron chi connectivity index (χ0n) is 9.75. The van der Waals surface area contributed by atoms with E-state index < -0.39 is 5.41 Å². The number of ketones is 1. The lowest BCUT2D eigenvalue weighted by atomic mass is 9.81. The van der Waals surface area contributed by atoms with E-state index in [1.807, 2.05) is 0 Å². The van der Waals surface area contributed by atoms with Crippen molar-refractivity contribution in [2.24, 2.45) is 11.3 Å². The van der Waals surface area contributed by atoms with E-state index >= 15 is 0 Å². The Hall–Kier alpha value is -1.12. The van der Waals surface area contributed by atoms with Gasteiger partial charge in [0.1, 0.15) is 5.41 Å². The van der Waals surface area contributed by atoms with E-state index in [0.29, 0.717) is 19.4 Å². The SMILES string of the molecule is C=C1CCC[C@]2(C(=O)OCC)CC[C@H]1C2=O. The first-order chi connectivity index (χ1) is 7.62. The van der Waals surface area contributed by atoms with Crippen molar-refractivity contribution in [2.75, 3.05) is 6.61 Å². The van der Waals surface area contributed by atoms with Crippen molar-refractivity contribution in [3.63, 3.8) is 0 Å². The van der Waals surface area contributed by atoms with Gasteiger partial charge < -0.3 is 4.74 Å². The molecule has 3 heteroatoms. The lowest BCUT2D eigenvalue weighted by Crippen LogP contribution is -2.37. The van der Waals surface area contributed by atoms with Crippen LogP contribution < -0.4 is 0 Å². The maximum absolute atomic E-state index is 12.3. The highest BCUT2D eigenvalue weighted by Crippen LogP contribution is 2.49. The van der Waals surface area contributed by atoms with Gasteiger partial charge in [0.2, 0.25) is 0 Å². The molecule has 0 N–H and O–H groups in total. The van der Waals surface area contributed by atoms with Crippen molar-refractivity contribution >= 4 is 11.8 Å². The highest BCUT2D eigenvalue weighted by molar-refractivity contribution is 6.07. The van der Waals surface area contributed by atoms with Crippen LogP contribution in [0.5, 0.6) is 0 Å². The van der Waals surface area contributed by atoms with Gasteiger partial charge >= 0.3 is 5.97 Å². The number of carbonyl (C=O) groups is 2. The predicted octanol–water partition coefficient (Wildman–Crippen LogP) is 2.26. The highest BCUT2D eigenvalue weighted by atomic mass is 16.5. The summed E-state index contributed by atoms with van der Waals surface area (Å²) < 4.78 is 5.07. The average molecular weight is 222 g/mol. The summed E-state index contributed by atoms with van der Waals surface area (Å²) in [5.41, 5.74) is 0.175. The molecule has 0 aromatic carbocycles. The lowest BCUT2D eigenvalue weighted by Gasteiger charge is -2.23. The van der Waals surface area contributed by atoms with Crippen LogP contribution in [0.3, 0.4) is 0 Å². The molecule has 0 aromatic heterocycles. The summed E-state index contributed by atoms with van der Waals surface area (Å²) in [5, 5.41) is 0. The summed E-state index contributed by atoms with van der Waals surface area (Å²) in [4.78, 5) is 24.3. The molecule has 0 aromatic rings. The molecule has 0 aliphatic heterocycles. The van der Waals surface area contributed by atoms with Gasteiger partial charge in [-0.15, -0.1) is 0 Å². The third-order valence-corrected chi connectivity index (χ3v) is 3.91. The Bertz CT molecular complexity index is 345. The van der Waals surface area contributed by atoms with Gasteiger partial charge in [-0.25, -0.2) is 0 Å². The van der Waals surface area contributed by atoms with E-state index in [0.717, 1.165) is 24.8 Å². The Labute approximate surface area is 95.9 Å². The highest BCUT2D eigenvalue weighted by Gasteiger charge is 2.55. The van der Waals surface area contributed by atoms with Gasteiger partial charge in [-0.1, -0.05) is 12.2 Å². The Balaban J connectivity index is 2.30. The molecular formula is C13H18O3. The molecule has 2 aliphatic rings. The maximum atomic E-state index is 12.3. The topological polar surface area (TPSA) is 43.4 Å². The van der Waals surface area contributed by atoms with E-state index in [1.165, 1.54) is 0 Å². The van der Waals surface area contributed by atoms with E-state index in [9.17, 15) is 9.59 Å². The van der Waals surface area contributed by atoms with Gasteiger partial charge in [-0.3, -0.25) is 9.59 Å². The van der Waals surface area contributed by atoms with Crippen LogP contribution in [0.2, 0.25) is 0 Å². The molecule has 0 radical (unpaired) electrons. The van der Waals surface area contributed by atoms with Crippen LogP contribution in [0, 0.1) is 11.3 Å². The Morgan fingerprint density at radius 2 is 2.31 bits per heavy atom. The summed E-state index contributed by atoms with van der Waals surface area (Å²) >= 11 is 0. The number of allylic oxidation sites excluding steroid dienone is 1. The van der Waals surface area contributed by atoms with Crippen LogP contribution in [-0.2, 0) is 14.3 Å². The van der Waals surface area contributed by atoms with Crippen LogP contribution in [0.25, 0.3) is 0 Å². The molecular weight excluding hydrogens is 204 g/mol. The van der Waals surface area contributed by atoms with Crippen molar-refractivity contribution in [3.8, 4) is 0 Å². The first-order valence-electron chi connectivity index (χ1n) is 6.01. The van der Waals surface area contributed by atoms with Gasteiger partial charge in [-0.2, -0.15) is 0 Å². The first kappa shape index (κ1) is 11.4. The number of carbonyl (C=O) groups excluding carboxylic acids is 2. The second-order valence-corrected chi connectivity index (χ2v) is 4.77. The van der Waals surface area contributed by atoms with Crippen molar-refractivity contribution in [2.45, 2.75) is 39.0 Å². The second-order valence-electron chi connectivity index (χ2n) is 4.77. The smallest absolute Gasteiger partial charge is 0.319 e. The standard InChI is InChI=1S/C13H18O3/c1-3-16-12(15)13-7-4-5-9(2)10(6-8-13)11(13)14/h10H,2-8H2,1H3/t10-,13+/m1/s1. The molecule has 2 bridgehead atoms. The second kappa shape index (κ2) is 4.04. The van der Waals surface area contributed by atoms with Gasteiger partial charge in [0, 0.05) is 5.92 Å². The monoisotopic (exact) mass is 222 g/mol. The van der Waals surface area contributed by atoms with Gasteiger partial charge in [0.15, 0.2) is 5.78 Å². The predicted molar refractivity (Wildman–Crippen MR) is 59.8 cm³/mol. The molecule has 2 saturated carbocycles. The number of Topliss-reactive ketones (excluding diaryl/α,β-unsaturated/α-hetero) is 1. The van der Waals surface area contributed by atoms with Crippen LogP contribution >= 0.6 is 0 Å². The van der Waals surface area contributed by atoms with E-state index in [1.54, 1.807) is 6.92 Å².